The molecule has 0 saturated carbocycles. The van der Waals surface area contributed by atoms with Crippen LogP contribution in [0.3, 0.4) is 0 Å². The molecule has 1 aromatic carbocycles. The smallest absolute Gasteiger partial charge is 0.235 e. The first-order valence-electron chi connectivity index (χ1n) is 7.51. The topological polar surface area (TPSA) is 83.1 Å². The molecule has 1 aliphatic rings. The predicted molar refractivity (Wildman–Crippen MR) is 86.4 cm³/mol. The Morgan fingerprint density at radius 2 is 2.09 bits per heavy atom. The maximum absolute atomic E-state index is 12.1. The van der Waals surface area contributed by atoms with Crippen LogP contribution in [0.1, 0.15) is 6.42 Å². The van der Waals surface area contributed by atoms with Gasteiger partial charge in [-0.1, -0.05) is 12.1 Å². The Balaban J connectivity index is 1.90. The van der Waals surface area contributed by atoms with Crippen molar-refractivity contribution in [1.82, 2.24) is 0 Å². The Kier molecular flexibility index (Phi) is 7.10. The molecule has 0 aromatic heterocycles. The summed E-state index contributed by atoms with van der Waals surface area (Å²) in [5.41, 5.74) is 0.427. The molecule has 7 nitrogen and oxygen atoms in total. The molecule has 1 aliphatic heterocycles. The monoisotopic (exact) mass is 345 g/mol. The van der Waals surface area contributed by atoms with Gasteiger partial charge >= 0.3 is 0 Å². The van der Waals surface area contributed by atoms with Crippen LogP contribution in [0.15, 0.2) is 24.3 Å². The van der Waals surface area contributed by atoms with Crippen LogP contribution in [-0.4, -0.2) is 60.4 Å². The van der Waals surface area contributed by atoms with Crippen LogP contribution in [0.5, 0.6) is 5.75 Å². The van der Waals surface area contributed by atoms with Crippen molar-refractivity contribution in [1.29, 1.82) is 0 Å². The second kappa shape index (κ2) is 9.07. The van der Waals surface area contributed by atoms with Crippen molar-refractivity contribution in [2.45, 2.75) is 12.5 Å². The molecule has 0 aliphatic carbocycles. The van der Waals surface area contributed by atoms with Gasteiger partial charge in [0.1, 0.15) is 11.9 Å². The van der Waals surface area contributed by atoms with E-state index < -0.39 is 10.0 Å². The fourth-order valence-electron chi connectivity index (χ4n) is 2.07. The number of para-hydroxylation sites is 2. The summed E-state index contributed by atoms with van der Waals surface area (Å²) in [5.74, 6) is 0.379. The van der Waals surface area contributed by atoms with Crippen molar-refractivity contribution >= 4 is 15.7 Å². The van der Waals surface area contributed by atoms with Gasteiger partial charge in [0.25, 0.3) is 0 Å². The van der Waals surface area contributed by atoms with Crippen molar-refractivity contribution in [3.63, 3.8) is 0 Å². The zero-order chi connectivity index (χ0) is 16.5. The first-order valence-corrected chi connectivity index (χ1v) is 9.16. The molecule has 23 heavy (non-hydrogen) atoms. The van der Waals surface area contributed by atoms with E-state index in [1.807, 2.05) is 0 Å². The van der Waals surface area contributed by atoms with E-state index in [2.05, 4.69) is 4.72 Å². The highest BCUT2D eigenvalue weighted by molar-refractivity contribution is 7.92. The second-order valence-corrected chi connectivity index (χ2v) is 6.97. The molecule has 1 aromatic rings. The van der Waals surface area contributed by atoms with Crippen LogP contribution in [0.25, 0.3) is 0 Å². The Morgan fingerprint density at radius 3 is 2.83 bits per heavy atom. The molecule has 0 bridgehead atoms. The van der Waals surface area contributed by atoms with Gasteiger partial charge < -0.3 is 18.9 Å². The standard InChI is InChI=1S/C15H23NO6S/c1-19-8-9-20-10-11-23(17,18)16-14-4-2-3-5-15(14)22-13-6-7-21-12-13/h2-5,13,16H,6-12H2,1H3. The molecule has 8 heteroatoms. The van der Waals surface area contributed by atoms with Gasteiger partial charge in [-0.3, -0.25) is 4.72 Å². The van der Waals surface area contributed by atoms with Gasteiger partial charge in [-0.2, -0.15) is 0 Å². The van der Waals surface area contributed by atoms with Crippen molar-refractivity contribution in [3.05, 3.63) is 24.3 Å². The Bertz CT molecular complexity index is 571. The van der Waals surface area contributed by atoms with Gasteiger partial charge in [-0.25, -0.2) is 8.42 Å². The average molecular weight is 345 g/mol. The van der Waals surface area contributed by atoms with E-state index >= 15 is 0 Å². The SMILES string of the molecule is COCCOCCS(=O)(=O)Nc1ccccc1OC1CCOC1. The maximum Gasteiger partial charge on any atom is 0.235 e. The highest BCUT2D eigenvalue weighted by atomic mass is 32.2. The lowest BCUT2D eigenvalue weighted by Gasteiger charge is -2.16. The van der Waals surface area contributed by atoms with Gasteiger partial charge in [-0.15, -0.1) is 0 Å². The first kappa shape index (κ1) is 18.0. The van der Waals surface area contributed by atoms with E-state index in [0.29, 0.717) is 37.9 Å². The fraction of sp³-hybridized carbons (Fsp3) is 0.600. The van der Waals surface area contributed by atoms with Crippen molar-refractivity contribution < 1.29 is 27.4 Å². The van der Waals surface area contributed by atoms with Crippen LogP contribution < -0.4 is 9.46 Å². The number of methoxy groups -OCH3 is 1. The van der Waals surface area contributed by atoms with E-state index in [9.17, 15) is 8.42 Å². The number of anilines is 1. The third-order valence-corrected chi connectivity index (χ3v) is 4.50. The molecule has 0 radical (unpaired) electrons. The summed E-state index contributed by atoms with van der Waals surface area (Å²) < 4.78 is 47.9. The largest absolute Gasteiger partial charge is 0.486 e. The molecular formula is C15H23NO6S. The summed E-state index contributed by atoms with van der Waals surface area (Å²) in [7, 11) is -1.94. The molecule has 1 saturated heterocycles. The molecule has 0 amide bonds. The number of hydrogen-bond donors (Lipinski definition) is 1. The third kappa shape index (κ3) is 6.34. The van der Waals surface area contributed by atoms with E-state index in [1.54, 1.807) is 31.4 Å². The van der Waals surface area contributed by atoms with Gasteiger partial charge in [0.15, 0.2) is 0 Å². The number of ether oxygens (including phenoxy) is 4. The Morgan fingerprint density at radius 1 is 1.26 bits per heavy atom. The van der Waals surface area contributed by atoms with Crippen LogP contribution in [-0.2, 0) is 24.2 Å². The van der Waals surface area contributed by atoms with Gasteiger partial charge in [0.05, 0.1) is 44.5 Å². The molecule has 2 rings (SSSR count). The minimum absolute atomic E-state index is 0.0435. The number of sulfonamides is 1. The molecule has 1 N–H and O–H groups in total. The quantitative estimate of drug-likeness (QED) is 0.643. The van der Waals surface area contributed by atoms with E-state index in [1.165, 1.54) is 0 Å². The summed E-state index contributed by atoms with van der Waals surface area (Å²) >= 11 is 0. The van der Waals surface area contributed by atoms with E-state index in [4.69, 9.17) is 18.9 Å². The minimum atomic E-state index is -3.50. The molecular weight excluding hydrogens is 322 g/mol. The van der Waals surface area contributed by atoms with Crippen LogP contribution in [0.4, 0.5) is 5.69 Å². The lowest BCUT2D eigenvalue weighted by Crippen LogP contribution is -2.22. The number of hydrogen-bond acceptors (Lipinski definition) is 6. The predicted octanol–water partition coefficient (Wildman–Crippen LogP) is 1.26. The lowest BCUT2D eigenvalue weighted by molar-refractivity contribution is 0.0785. The van der Waals surface area contributed by atoms with Crippen molar-refractivity contribution in [3.8, 4) is 5.75 Å². The summed E-state index contributed by atoms with van der Waals surface area (Å²) in [6.45, 7) is 2.10. The van der Waals surface area contributed by atoms with Gasteiger partial charge in [-0.05, 0) is 12.1 Å². The number of nitrogens with one attached hydrogen (secondary N) is 1. The molecule has 0 spiro atoms. The van der Waals surface area contributed by atoms with Crippen molar-refractivity contribution in [2.24, 2.45) is 0 Å². The third-order valence-electron chi connectivity index (χ3n) is 3.26. The zero-order valence-electron chi connectivity index (χ0n) is 13.2. The summed E-state index contributed by atoms with van der Waals surface area (Å²) in [6, 6.07) is 6.97. The molecule has 1 atom stereocenters. The minimum Gasteiger partial charge on any atom is -0.486 e. The molecule has 130 valence electrons. The second-order valence-electron chi connectivity index (χ2n) is 5.13. The molecule has 1 heterocycles. The van der Waals surface area contributed by atoms with E-state index in [-0.39, 0.29) is 18.5 Å². The van der Waals surface area contributed by atoms with Crippen LogP contribution >= 0.6 is 0 Å². The molecule has 1 fully saturated rings. The Labute approximate surface area is 136 Å². The van der Waals surface area contributed by atoms with Gasteiger partial charge in [0.2, 0.25) is 10.0 Å². The zero-order valence-corrected chi connectivity index (χ0v) is 14.0. The lowest BCUT2D eigenvalue weighted by atomic mass is 10.3. The van der Waals surface area contributed by atoms with E-state index in [0.717, 1.165) is 6.42 Å². The highest BCUT2D eigenvalue weighted by Crippen LogP contribution is 2.27. The molecule has 1 unspecified atom stereocenters. The van der Waals surface area contributed by atoms with Gasteiger partial charge in [0, 0.05) is 13.5 Å². The highest BCUT2D eigenvalue weighted by Gasteiger charge is 2.20. The first-order chi connectivity index (χ1) is 11.1. The summed E-state index contributed by atoms with van der Waals surface area (Å²) in [4.78, 5) is 0. The van der Waals surface area contributed by atoms with Crippen LogP contribution in [0, 0.1) is 0 Å². The summed E-state index contributed by atoms with van der Waals surface area (Å²) in [6.07, 6.45) is 0.757. The Hall–Kier alpha value is -1.35. The average Bonchev–Trinajstić information content (AvgIpc) is 3.02. The summed E-state index contributed by atoms with van der Waals surface area (Å²) in [5, 5.41) is 0. The normalized spacial score (nSPS) is 18.0. The van der Waals surface area contributed by atoms with Crippen molar-refractivity contribution in [2.75, 3.05) is 50.6 Å². The maximum atomic E-state index is 12.1. The fourth-order valence-corrected chi connectivity index (χ4v) is 3.01. The number of benzene rings is 1. The number of rotatable bonds is 10. The van der Waals surface area contributed by atoms with Crippen LogP contribution in [0.2, 0.25) is 0 Å².